The van der Waals surface area contributed by atoms with Crippen LogP contribution in [0.15, 0.2) is 17.0 Å². The van der Waals surface area contributed by atoms with Crippen molar-refractivity contribution in [3.8, 4) is 11.5 Å². The highest BCUT2D eigenvalue weighted by atomic mass is 35.7. The van der Waals surface area contributed by atoms with E-state index in [2.05, 4.69) is 9.47 Å². The van der Waals surface area contributed by atoms with Crippen LogP contribution in [0.3, 0.4) is 0 Å². The summed E-state index contributed by atoms with van der Waals surface area (Å²) in [7, 11) is 1.53. The standard InChI is InChI=1S/C9H7ClF3NO6S/c1-19-8-6(20-4-9(11,12)13)2-5(14(15)16)3-7(8)21(10,17)18/h2-3H,4H2,1H3. The topological polar surface area (TPSA) is 95.7 Å². The van der Waals surface area contributed by atoms with Gasteiger partial charge in [0.05, 0.1) is 18.1 Å². The summed E-state index contributed by atoms with van der Waals surface area (Å²) < 4.78 is 68.0. The van der Waals surface area contributed by atoms with Gasteiger partial charge in [-0.15, -0.1) is 0 Å². The summed E-state index contributed by atoms with van der Waals surface area (Å²) in [5.74, 6) is -1.41. The third kappa shape index (κ3) is 4.63. The minimum absolute atomic E-state index is 0.557. The Hall–Kier alpha value is -1.75. The molecule has 0 aliphatic heterocycles. The molecule has 12 heteroatoms. The molecule has 0 fully saturated rings. The number of alkyl halides is 3. The first-order valence-corrected chi connectivity index (χ1v) is 7.27. The summed E-state index contributed by atoms with van der Waals surface area (Å²) in [6.45, 7) is -1.79. The van der Waals surface area contributed by atoms with Gasteiger partial charge in [0, 0.05) is 16.7 Å². The van der Waals surface area contributed by atoms with Gasteiger partial charge in [-0.3, -0.25) is 10.1 Å². The van der Waals surface area contributed by atoms with Gasteiger partial charge in [-0.2, -0.15) is 13.2 Å². The zero-order valence-corrected chi connectivity index (χ0v) is 11.8. The summed E-state index contributed by atoms with van der Waals surface area (Å²) in [6.07, 6.45) is -4.73. The van der Waals surface area contributed by atoms with Crippen LogP contribution in [-0.2, 0) is 9.05 Å². The molecular formula is C9H7ClF3NO6S. The Balaban J connectivity index is 3.46. The van der Waals surface area contributed by atoms with E-state index in [1.54, 1.807) is 0 Å². The van der Waals surface area contributed by atoms with Gasteiger partial charge in [0.25, 0.3) is 14.7 Å². The molecule has 21 heavy (non-hydrogen) atoms. The minimum atomic E-state index is -4.73. The van der Waals surface area contributed by atoms with E-state index < -0.39 is 48.8 Å². The molecule has 0 heterocycles. The number of nitrogens with zero attached hydrogens (tertiary/aromatic N) is 1. The summed E-state index contributed by atoms with van der Waals surface area (Å²) in [4.78, 5) is 8.81. The molecule has 7 nitrogen and oxygen atoms in total. The Morgan fingerprint density at radius 3 is 2.33 bits per heavy atom. The van der Waals surface area contributed by atoms with Crippen molar-refractivity contribution in [3.63, 3.8) is 0 Å². The molecule has 0 aliphatic rings. The smallest absolute Gasteiger partial charge is 0.422 e. The molecule has 1 rings (SSSR count). The fourth-order valence-electron chi connectivity index (χ4n) is 1.32. The van der Waals surface area contributed by atoms with Crippen molar-refractivity contribution in [3.05, 3.63) is 22.2 Å². The van der Waals surface area contributed by atoms with Crippen LogP contribution in [0.25, 0.3) is 0 Å². The van der Waals surface area contributed by atoms with Crippen molar-refractivity contribution in [2.75, 3.05) is 13.7 Å². The molecule has 0 unspecified atom stereocenters. The summed E-state index contributed by atoms with van der Waals surface area (Å²) in [6, 6.07) is 1.16. The van der Waals surface area contributed by atoms with Gasteiger partial charge in [-0.1, -0.05) is 0 Å². The fraction of sp³-hybridized carbons (Fsp3) is 0.333. The quantitative estimate of drug-likeness (QED) is 0.460. The number of benzene rings is 1. The number of nitro groups is 1. The highest BCUT2D eigenvalue weighted by Gasteiger charge is 2.31. The van der Waals surface area contributed by atoms with E-state index in [9.17, 15) is 31.7 Å². The van der Waals surface area contributed by atoms with Gasteiger partial charge in [0.15, 0.2) is 18.1 Å². The van der Waals surface area contributed by atoms with E-state index in [0.717, 1.165) is 7.11 Å². The summed E-state index contributed by atoms with van der Waals surface area (Å²) >= 11 is 0. The second kappa shape index (κ2) is 5.93. The van der Waals surface area contributed by atoms with Gasteiger partial charge >= 0.3 is 6.18 Å². The molecule has 1 aromatic rings. The fourth-order valence-corrected chi connectivity index (χ4v) is 2.33. The number of non-ortho nitro benzene ring substituents is 1. The van der Waals surface area contributed by atoms with Gasteiger partial charge in [0.1, 0.15) is 4.90 Å². The van der Waals surface area contributed by atoms with E-state index in [1.807, 2.05) is 0 Å². The number of rotatable bonds is 5. The third-order valence-corrected chi connectivity index (χ3v) is 3.40. The van der Waals surface area contributed by atoms with Crippen molar-refractivity contribution in [1.29, 1.82) is 0 Å². The Morgan fingerprint density at radius 2 is 1.95 bits per heavy atom. The number of nitro benzene ring substituents is 1. The predicted octanol–water partition coefficient (Wildman–Crippen LogP) is 2.47. The second-order valence-corrected chi connectivity index (χ2v) is 6.11. The molecule has 118 valence electrons. The maximum absolute atomic E-state index is 12.1. The van der Waals surface area contributed by atoms with Crippen LogP contribution in [0, 0.1) is 10.1 Å². The van der Waals surface area contributed by atoms with Crippen molar-refractivity contribution < 1.29 is 36.0 Å². The normalized spacial score (nSPS) is 12.0. The minimum Gasteiger partial charge on any atom is -0.492 e. The molecule has 1 aromatic carbocycles. The maximum Gasteiger partial charge on any atom is 0.422 e. The van der Waals surface area contributed by atoms with E-state index in [1.165, 1.54) is 0 Å². The summed E-state index contributed by atoms with van der Waals surface area (Å²) in [5.41, 5.74) is -0.813. The van der Waals surface area contributed by atoms with E-state index >= 15 is 0 Å². The van der Waals surface area contributed by atoms with Crippen LogP contribution in [0.4, 0.5) is 18.9 Å². The largest absolute Gasteiger partial charge is 0.492 e. The lowest BCUT2D eigenvalue weighted by Crippen LogP contribution is -2.19. The van der Waals surface area contributed by atoms with E-state index in [-0.39, 0.29) is 0 Å². The van der Waals surface area contributed by atoms with Crippen LogP contribution in [-0.4, -0.2) is 33.2 Å². The van der Waals surface area contributed by atoms with Crippen LogP contribution in [0.5, 0.6) is 11.5 Å². The predicted molar refractivity (Wildman–Crippen MR) is 64.2 cm³/mol. The highest BCUT2D eigenvalue weighted by Crippen LogP contribution is 2.40. The number of hydrogen-bond donors (Lipinski definition) is 0. The average molecular weight is 350 g/mol. The number of ether oxygens (including phenoxy) is 2. The zero-order valence-electron chi connectivity index (χ0n) is 10.2. The first-order valence-electron chi connectivity index (χ1n) is 4.96. The van der Waals surface area contributed by atoms with E-state index in [0.29, 0.717) is 12.1 Å². The molecule has 0 atom stereocenters. The number of hydrogen-bond acceptors (Lipinski definition) is 6. The molecule has 0 bridgehead atoms. The van der Waals surface area contributed by atoms with Crippen LogP contribution < -0.4 is 9.47 Å². The van der Waals surface area contributed by atoms with Gasteiger partial charge < -0.3 is 9.47 Å². The SMILES string of the molecule is COc1c(OCC(F)(F)F)cc([N+](=O)[O-])cc1S(=O)(=O)Cl. The van der Waals surface area contributed by atoms with Gasteiger partial charge in [-0.25, -0.2) is 8.42 Å². The van der Waals surface area contributed by atoms with Crippen molar-refractivity contribution in [2.45, 2.75) is 11.1 Å². The molecule has 0 amide bonds. The molecular weight excluding hydrogens is 343 g/mol. The Morgan fingerprint density at radius 1 is 1.38 bits per heavy atom. The first kappa shape index (κ1) is 17.3. The lowest BCUT2D eigenvalue weighted by Gasteiger charge is -2.14. The van der Waals surface area contributed by atoms with Gasteiger partial charge in [0.2, 0.25) is 0 Å². The monoisotopic (exact) mass is 349 g/mol. The average Bonchev–Trinajstić information content (AvgIpc) is 2.32. The number of halogens is 4. The van der Waals surface area contributed by atoms with Crippen LogP contribution in [0.1, 0.15) is 0 Å². The van der Waals surface area contributed by atoms with Gasteiger partial charge in [-0.05, 0) is 0 Å². The lowest BCUT2D eigenvalue weighted by molar-refractivity contribution is -0.385. The maximum atomic E-state index is 12.1. The third-order valence-electron chi connectivity index (χ3n) is 2.07. The Bertz CT molecular complexity index is 660. The van der Waals surface area contributed by atoms with Crippen LogP contribution >= 0.6 is 10.7 Å². The molecule has 0 saturated heterocycles. The molecule has 0 radical (unpaired) electrons. The summed E-state index contributed by atoms with van der Waals surface area (Å²) in [5, 5.41) is 10.7. The van der Waals surface area contributed by atoms with Crippen LogP contribution in [0.2, 0.25) is 0 Å². The Labute approximate surface area is 120 Å². The van der Waals surface area contributed by atoms with Crippen molar-refractivity contribution in [2.24, 2.45) is 0 Å². The first-order chi connectivity index (χ1) is 9.45. The van der Waals surface area contributed by atoms with Crippen molar-refractivity contribution >= 4 is 25.4 Å². The molecule has 0 saturated carbocycles. The molecule has 0 N–H and O–H groups in total. The Kier molecular flexibility index (Phi) is 4.89. The zero-order chi connectivity index (χ0) is 16.4. The van der Waals surface area contributed by atoms with Crippen molar-refractivity contribution in [1.82, 2.24) is 0 Å². The molecule has 0 spiro atoms. The second-order valence-electron chi connectivity index (χ2n) is 3.57. The lowest BCUT2D eigenvalue weighted by atomic mass is 10.3. The number of methoxy groups -OCH3 is 1. The molecule has 0 aliphatic carbocycles. The van der Waals surface area contributed by atoms with E-state index in [4.69, 9.17) is 10.7 Å². The highest BCUT2D eigenvalue weighted by molar-refractivity contribution is 8.13. The molecule has 0 aromatic heterocycles.